The molecule has 0 aliphatic carbocycles. The molecular formula is C25H30FN7O2S2. The minimum Gasteiger partial charge on any atom is -0.345 e. The molecule has 0 unspecified atom stereocenters. The van der Waals surface area contributed by atoms with Crippen LogP contribution in [0.4, 0.5) is 9.52 Å². The summed E-state index contributed by atoms with van der Waals surface area (Å²) in [4.78, 5) is 13.1. The number of benzene rings is 1. The van der Waals surface area contributed by atoms with E-state index in [4.69, 9.17) is 0 Å². The van der Waals surface area contributed by atoms with Crippen molar-refractivity contribution in [2.45, 2.75) is 30.0 Å². The lowest BCUT2D eigenvalue weighted by molar-refractivity contribution is 0.209. The number of likely N-dealkylation sites (N-methyl/N-ethyl adjacent to an activating group) is 1. The number of anilines is 1. The summed E-state index contributed by atoms with van der Waals surface area (Å²) in [5.41, 5.74) is 1.17. The highest BCUT2D eigenvalue weighted by Crippen LogP contribution is 2.38. The van der Waals surface area contributed by atoms with E-state index in [1.807, 2.05) is 4.57 Å². The van der Waals surface area contributed by atoms with E-state index in [1.54, 1.807) is 24.7 Å². The van der Waals surface area contributed by atoms with Gasteiger partial charge >= 0.3 is 0 Å². The van der Waals surface area contributed by atoms with Gasteiger partial charge in [-0.05, 0) is 37.6 Å². The maximum absolute atomic E-state index is 13.4. The van der Waals surface area contributed by atoms with Gasteiger partial charge < -0.3 is 14.4 Å². The molecule has 2 aromatic heterocycles. The number of piperazine rings is 1. The molecule has 0 spiro atoms. The summed E-state index contributed by atoms with van der Waals surface area (Å²) in [6.07, 6.45) is 6.29. The Balaban J connectivity index is 1.24. The lowest BCUT2D eigenvalue weighted by Crippen LogP contribution is -2.44. The molecule has 0 radical (unpaired) electrons. The summed E-state index contributed by atoms with van der Waals surface area (Å²) in [7, 11) is -1.59. The second-order valence-corrected chi connectivity index (χ2v) is 13.0. The molecule has 0 N–H and O–H groups in total. The van der Waals surface area contributed by atoms with Crippen LogP contribution in [-0.4, -0.2) is 78.5 Å². The van der Waals surface area contributed by atoms with E-state index in [-0.39, 0.29) is 23.1 Å². The van der Waals surface area contributed by atoms with E-state index in [1.165, 1.54) is 34.0 Å². The molecule has 12 heteroatoms. The van der Waals surface area contributed by atoms with Gasteiger partial charge in [0.1, 0.15) is 5.82 Å². The smallest absolute Gasteiger partial charge is 0.254 e. The first kappa shape index (κ1) is 25.8. The normalized spacial score (nSPS) is 19.1. The lowest BCUT2D eigenvalue weighted by atomic mass is 9.76. The van der Waals surface area contributed by atoms with Gasteiger partial charge in [-0.1, -0.05) is 23.5 Å². The van der Waals surface area contributed by atoms with E-state index in [2.05, 4.69) is 32.9 Å². The monoisotopic (exact) mass is 543 g/mol. The van der Waals surface area contributed by atoms with Crippen molar-refractivity contribution in [2.24, 2.45) is 5.41 Å². The maximum atomic E-state index is 13.4. The Morgan fingerprint density at radius 1 is 1.08 bits per heavy atom. The quantitative estimate of drug-likeness (QED) is 0.452. The van der Waals surface area contributed by atoms with Crippen LogP contribution in [-0.2, 0) is 23.0 Å². The van der Waals surface area contributed by atoms with E-state index >= 15 is 0 Å². The highest BCUT2D eigenvalue weighted by molar-refractivity contribution is 7.91. The van der Waals surface area contributed by atoms with Gasteiger partial charge in [-0.15, -0.1) is 0 Å². The molecule has 3 aromatic rings. The minimum atomic E-state index is -3.67. The van der Waals surface area contributed by atoms with Crippen molar-refractivity contribution >= 4 is 26.5 Å². The largest absolute Gasteiger partial charge is 0.345 e. The Morgan fingerprint density at radius 3 is 2.46 bits per heavy atom. The SMILES string of the molecule is CN1CCN(c2ncc(S(=O)(=O)N3CCC(C#N)(Cc4cncn4Cc4ccc(F)cc4)CC3)s2)CC1. The molecule has 0 saturated carbocycles. The molecule has 5 rings (SSSR count). The molecule has 2 fully saturated rings. The fourth-order valence-electron chi connectivity index (χ4n) is 4.89. The molecule has 9 nitrogen and oxygen atoms in total. The zero-order valence-electron chi connectivity index (χ0n) is 20.8. The standard InChI is InChI=1S/C25H30FN7O2S2/c1-30-10-12-31(13-11-30)24-29-16-23(36-24)37(34,35)33-8-6-25(18-27,7-9-33)14-22-15-28-19-32(22)17-20-2-4-21(26)5-3-20/h2-5,15-16,19H,6-14,17H2,1H3. The van der Waals surface area contributed by atoms with Gasteiger partial charge in [0.05, 0.1) is 24.0 Å². The second-order valence-electron chi connectivity index (χ2n) is 9.86. The van der Waals surface area contributed by atoms with Crippen molar-refractivity contribution in [1.29, 1.82) is 5.26 Å². The molecule has 196 valence electrons. The van der Waals surface area contributed by atoms with Crippen LogP contribution in [0.1, 0.15) is 24.1 Å². The Bertz CT molecular complexity index is 1360. The molecular weight excluding hydrogens is 513 g/mol. The van der Waals surface area contributed by atoms with Crippen LogP contribution >= 0.6 is 11.3 Å². The molecule has 2 aliphatic rings. The highest BCUT2D eigenvalue weighted by atomic mass is 32.2. The molecule has 1 aromatic carbocycles. The molecule has 0 bridgehead atoms. The number of nitriles is 1. The van der Waals surface area contributed by atoms with Gasteiger partial charge in [0.25, 0.3) is 10.0 Å². The fourth-order valence-corrected chi connectivity index (χ4v) is 7.66. The van der Waals surface area contributed by atoms with Crippen molar-refractivity contribution < 1.29 is 12.8 Å². The Hall–Kier alpha value is -2.85. The average molecular weight is 544 g/mol. The van der Waals surface area contributed by atoms with Crippen LogP contribution in [0.2, 0.25) is 0 Å². The first-order chi connectivity index (χ1) is 17.8. The third kappa shape index (κ3) is 5.55. The fraction of sp³-hybridized carbons (Fsp3) is 0.480. The van der Waals surface area contributed by atoms with Gasteiger partial charge in [0, 0.05) is 64.1 Å². The molecule has 2 saturated heterocycles. The van der Waals surface area contributed by atoms with E-state index in [9.17, 15) is 18.1 Å². The van der Waals surface area contributed by atoms with Gasteiger partial charge in [-0.25, -0.2) is 22.8 Å². The van der Waals surface area contributed by atoms with Crippen molar-refractivity contribution in [3.8, 4) is 6.07 Å². The number of piperidine rings is 1. The zero-order valence-corrected chi connectivity index (χ0v) is 22.4. The number of thiazole rings is 1. The number of hydrogen-bond donors (Lipinski definition) is 0. The van der Waals surface area contributed by atoms with Crippen LogP contribution in [0.5, 0.6) is 0 Å². The predicted octanol–water partition coefficient (Wildman–Crippen LogP) is 2.82. The minimum absolute atomic E-state index is 0.253. The maximum Gasteiger partial charge on any atom is 0.254 e. The molecule has 2 aliphatic heterocycles. The van der Waals surface area contributed by atoms with E-state index in [0.717, 1.165) is 42.6 Å². The van der Waals surface area contributed by atoms with Crippen LogP contribution in [0.25, 0.3) is 0 Å². The number of sulfonamides is 1. The molecule has 37 heavy (non-hydrogen) atoms. The van der Waals surface area contributed by atoms with Crippen LogP contribution in [0.15, 0.2) is 47.2 Å². The average Bonchev–Trinajstić information content (AvgIpc) is 3.57. The summed E-state index contributed by atoms with van der Waals surface area (Å²) >= 11 is 1.22. The predicted molar refractivity (Wildman–Crippen MR) is 139 cm³/mol. The van der Waals surface area contributed by atoms with Crippen molar-refractivity contribution in [1.82, 2.24) is 23.7 Å². The second kappa shape index (κ2) is 10.5. The van der Waals surface area contributed by atoms with E-state index < -0.39 is 15.4 Å². The number of imidazole rings is 1. The van der Waals surface area contributed by atoms with Crippen LogP contribution < -0.4 is 4.90 Å². The van der Waals surface area contributed by atoms with Gasteiger partial charge in [0.15, 0.2) is 9.34 Å². The number of halogens is 1. The number of rotatable bonds is 7. The summed E-state index contributed by atoms with van der Waals surface area (Å²) in [5, 5.41) is 10.9. The number of nitrogens with zero attached hydrogens (tertiary/aromatic N) is 7. The first-order valence-electron chi connectivity index (χ1n) is 12.3. The summed E-state index contributed by atoms with van der Waals surface area (Å²) in [6.45, 7) is 4.59. The Kier molecular flexibility index (Phi) is 7.31. The lowest BCUT2D eigenvalue weighted by Gasteiger charge is -2.36. The van der Waals surface area contributed by atoms with Crippen LogP contribution in [0.3, 0.4) is 0 Å². The third-order valence-corrected chi connectivity index (χ3v) is 10.7. The van der Waals surface area contributed by atoms with Gasteiger partial charge in [-0.2, -0.15) is 9.57 Å². The van der Waals surface area contributed by atoms with Crippen molar-refractivity contribution in [3.63, 3.8) is 0 Å². The Morgan fingerprint density at radius 2 is 1.78 bits per heavy atom. The number of aromatic nitrogens is 3. The first-order valence-corrected chi connectivity index (χ1v) is 14.6. The zero-order chi connectivity index (χ0) is 26.0. The van der Waals surface area contributed by atoms with Gasteiger partial charge in [-0.3, -0.25) is 0 Å². The van der Waals surface area contributed by atoms with Gasteiger partial charge in [0.2, 0.25) is 0 Å². The molecule has 0 amide bonds. The summed E-state index contributed by atoms with van der Waals surface area (Å²) in [5.74, 6) is -0.284. The van der Waals surface area contributed by atoms with E-state index in [0.29, 0.717) is 25.8 Å². The topological polar surface area (TPSA) is 98.4 Å². The summed E-state index contributed by atoms with van der Waals surface area (Å²) < 4.78 is 43.7. The third-order valence-electron chi connectivity index (χ3n) is 7.34. The molecule has 4 heterocycles. The Labute approximate surface area is 220 Å². The highest BCUT2D eigenvalue weighted by Gasteiger charge is 2.40. The van der Waals surface area contributed by atoms with Crippen LogP contribution in [0, 0.1) is 22.6 Å². The number of hydrogen-bond acceptors (Lipinski definition) is 8. The van der Waals surface area contributed by atoms with Crippen molar-refractivity contribution in [3.05, 3.63) is 60.1 Å². The van der Waals surface area contributed by atoms with Crippen molar-refractivity contribution in [2.75, 3.05) is 51.2 Å². The molecule has 0 atom stereocenters. The summed E-state index contributed by atoms with van der Waals surface area (Å²) in [6, 6.07) is 8.80.